The molecule has 0 aliphatic carbocycles. The molecular weight excluding hydrogens is 456 g/mol. The number of hydrogen-bond donors (Lipinski definition) is 4. The minimum atomic E-state index is -2.74. The standard InChI is InChI=1S/C19H22N2O.C6H8O7/c1-2-19-9-5-10-20-11-8-14-13-6-3-4-7-15(13)21(16(22)12-19)17(14)18(19)20;7-3(8)1-6(13,5(11)12)2-4(9)10/h3-4,6-7,18H,2,5,8-12H2,1H3;13H,1-2H2,(H,7,8)(H,9,10)(H,11,12)/t18-,19+;/m1./s1. The average molecular weight is 487 g/mol. The van der Waals surface area contributed by atoms with Gasteiger partial charge in [0.05, 0.1) is 24.4 Å². The first kappa shape index (κ1) is 24.9. The number of carboxylic acid groups (broad SMARTS) is 3. The third kappa shape index (κ3) is 4.21. The monoisotopic (exact) mass is 486 g/mol. The summed E-state index contributed by atoms with van der Waals surface area (Å²) in [6.07, 6.45) is 3.08. The smallest absolute Gasteiger partial charge is 0.336 e. The first-order valence-corrected chi connectivity index (χ1v) is 11.8. The lowest BCUT2D eigenvalue weighted by Gasteiger charge is -2.54. The van der Waals surface area contributed by atoms with Crippen LogP contribution in [0.5, 0.6) is 0 Å². The largest absolute Gasteiger partial charge is 0.481 e. The Kier molecular flexibility index (Phi) is 6.46. The van der Waals surface area contributed by atoms with Gasteiger partial charge in [0.1, 0.15) is 0 Å². The van der Waals surface area contributed by atoms with Crippen LogP contribution in [0.1, 0.15) is 67.5 Å². The molecule has 10 heteroatoms. The fraction of sp³-hybridized carbons (Fsp3) is 0.520. The fourth-order valence-electron chi connectivity index (χ4n) is 6.17. The van der Waals surface area contributed by atoms with Gasteiger partial charge in [-0.15, -0.1) is 0 Å². The van der Waals surface area contributed by atoms with E-state index in [0.29, 0.717) is 11.9 Å². The van der Waals surface area contributed by atoms with Crippen molar-refractivity contribution in [2.75, 3.05) is 13.1 Å². The molecule has 4 heterocycles. The van der Waals surface area contributed by atoms with Gasteiger partial charge < -0.3 is 20.4 Å². The number of aromatic nitrogens is 1. The maximum Gasteiger partial charge on any atom is 0.336 e. The molecule has 0 saturated carbocycles. The molecule has 0 amide bonds. The van der Waals surface area contributed by atoms with Gasteiger partial charge in [0.2, 0.25) is 5.91 Å². The molecule has 188 valence electrons. The molecule has 5 rings (SSSR count). The zero-order valence-electron chi connectivity index (χ0n) is 19.6. The topological polar surface area (TPSA) is 157 Å². The van der Waals surface area contributed by atoms with Crippen LogP contribution in [0.3, 0.4) is 0 Å². The molecule has 1 aromatic heterocycles. The van der Waals surface area contributed by atoms with Crippen molar-refractivity contribution in [2.45, 2.75) is 63.5 Å². The van der Waals surface area contributed by atoms with E-state index in [2.05, 4.69) is 40.7 Å². The highest BCUT2D eigenvalue weighted by molar-refractivity contribution is 5.98. The van der Waals surface area contributed by atoms with Crippen LogP contribution in [0.25, 0.3) is 10.9 Å². The second-order valence-electron chi connectivity index (χ2n) is 9.77. The zero-order chi connectivity index (χ0) is 25.5. The second-order valence-corrected chi connectivity index (χ2v) is 9.77. The predicted octanol–water partition coefficient (Wildman–Crippen LogP) is 2.53. The van der Waals surface area contributed by atoms with Crippen molar-refractivity contribution in [1.82, 2.24) is 9.47 Å². The molecule has 2 atom stereocenters. The minimum Gasteiger partial charge on any atom is -0.481 e. The maximum atomic E-state index is 13.0. The summed E-state index contributed by atoms with van der Waals surface area (Å²) in [7, 11) is 0. The van der Waals surface area contributed by atoms with Crippen LogP contribution in [-0.4, -0.2) is 72.4 Å². The van der Waals surface area contributed by atoms with E-state index < -0.39 is 36.4 Å². The van der Waals surface area contributed by atoms with Gasteiger partial charge in [0, 0.05) is 29.5 Å². The van der Waals surface area contributed by atoms with Crippen LogP contribution in [0.4, 0.5) is 0 Å². The molecule has 3 aliphatic rings. The Balaban J connectivity index is 0.000000193. The first-order chi connectivity index (χ1) is 16.5. The maximum absolute atomic E-state index is 13.0. The minimum absolute atomic E-state index is 0.175. The SMILES string of the molecule is CC[C@]12CCCN3CCc4c(n(c5ccccc45)C(=O)C1)[C@@H]32.O=C(O)CC(O)(CC(=O)O)C(=O)O. The third-order valence-electron chi connectivity index (χ3n) is 7.74. The normalized spacial score (nSPS) is 23.3. The zero-order valence-corrected chi connectivity index (χ0v) is 19.6. The summed E-state index contributed by atoms with van der Waals surface area (Å²) in [5.74, 6) is -4.70. The van der Waals surface area contributed by atoms with Gasteiger partial charge in [-0.05, 0) is 43.9 Å². The van der Waals surface area contributed by atoms with Gasteiger partial charge in [-0.1, -0.05) is 25.1 Å². The number of carbonyl (C=O) groups is 4. The van der Waals surface area contributed by atoms with E-state index in [1.807, 2.05) is 0 Å². The molecule has 0 unspecified atom stereocenters. The number of para-hydroxylation sites is 1. The lowest BCUT2D eigenvalue weighted by Crippen LogP contribution is -2.53. The Morgan fingerprint density at radius 1 is 1.09 bits per heavy atom. The molecule has 1 aromatic carbocycles. The Hall–Kier alpha value is -3.24. The molecule has 1 fully saturated rings. The third-order valence-corrected chi connectivity index (χ3v) is 7.74. The highest BCUT2D eigenvalue weighted by Gasteiger charge is 2.52. The van der Waals surface area contributed by atoms with Gasteiger partial charge in [0.15, 0.2) is 5.60 Å². The van der Waals surface area contributed by atoms with Gasteiger partial charge in [-0.3, -0.25) is 23.9 Å². The summed E-state index contributed by atoms with van der Waals surface area (Å²) in [6.45, 7) is 4.63. The molecule has 1 saturated heterocycles. The Morgan fingerprint density at radius 3 is 2.34 bits per heavy atom. The van der Waals surface area contributed by atoms with Crippen LogP contribution >= 0.6 is 0 Å². The number of carboxylic acids is 3. The van der Waals surface area contributed by atoms with Gasteiger partial charge in [-0.2, -0.15) is 0 Å². The van der Waals surface area contributed by atoms with Crippen LogP contribution < -0.4 is 0 Å². The van der Waals surface area contributed by atoms with E-state index >= 15 is 0 Å². The molecule has 4 N–H and O–H groups in total. The van der Waals surface area contributed by atoms with Crippen molar-refractivity contribution in [3.63, 3.8) is 0 Å². The van der Waals surface area contributed by atoms with Gasteiger partial charge in [-0.25, -0.2) is 4.79 Å². The molecule has 3 aliphatic heterocycles. The lowest BCUT2D eigenvalue weighted by molar-refractivity contribution is -0.170. The fourth-order valence-corrected chi connectivity index (χ4v) is 6.17. The molecule has 10 nitrogen and oxygen atoms in total. The van der Waals surface area contributed by atoms with Crippen LogP contribution in [0.15, 0.2) is 24.3 Å². The van der Waals surface area contributed by atoms with Crippen molar-refractivity contribution in [2.24, 2.45) is 5.41 Å². The van der Waals surface area contributed by atoms with E-state index in [0.717, 1.165) is 31.3 Å². The summed E-state index contributed by atoms with van der Waals surface area (Å²) < 4.78 is 2.07. The Bertz CT molecular complexity index is 1190. The van der Waals surface area contributed by atoms with Gasteiger partial charge >= 0.3 is 17.9 Å². The summed E-state index contributed by atoms with van der Waals surface area (Å²) in [6, 6.07) is 8.95. The van der Waals surface area contributed by atoms with Crippen LogP contribution in [0, 0.1) is 5.41 Å². The quantitative estimate of drug-likeness (QED) is 0.481. The second kappa shape index (κ2) is 9.09. The number of nitrogens with zero attached hydrogens (tertiary/aromatic N) is 2. The highest BCUT2D eigenvalue weighted by Crippen LogP contribution is 2.56. The summed E-state index contributed by atoms with van der Waals surface area (Å²) >= 11 is 0. The average Bonchev–Trinajstić information content (AvgIpc) is 3.13. The number of aliphatic carboxylic acids is 3. The molecule has 2 aromatic rings. The van der Waals surface area contributed by atoms with Crippen molar-refractivity contribution in [3.8, 4) is 0 Å². The highest BCUT2D eigenvalue weighted by atomic mass is 16.4. The molecule has 0 radical (unpaired) electrons. The Labute approximate surface area is 201 Å². The molecule has 0 bridgehead atoms. The number of fused-ring (bicyclic) bond motifs is 3. The summed E-state index contributed by atoms with van der Waals surface area (Å²) in [4.78, 5) is 46.2. The molecule has 35 heavy (non-hydrogen) atoms. The van der Waals surface area contributed by atoms with E-state index in [4.69, 9.17) is 20.4 Å². The van der Waals surface area contributed by atoms with Crippen molar-refractivity contribution < 1.29 is 39.6 Å². The molecule has 0 spiro atoms. The van der Waals surface area contributed by atoms with Crippen LogP contribution in [-0.2, 0) is 20.8 Å². The van der Waals surface area contributed by atoms with Crippen molar-refractivity contribution in [1.29, 1.82) is 0 Å². The summed E-state index contributed by atoms with van der Waals surface area (Å²) in [5.41, 5.74) is 1.36. The molecular formula is C25H30N2O8. The number of aliphatic hydroxyl groups is 1. The number of piperidine rings is 1. The number of rotatable bonds is 6. The number of benzene rings is 1. The van der Waals surface area contributed by atoms with Gasteiger partial charge in [0.25, 0.3) is 0 Å². The lowest BCUT2D eigenvalue weighted by atomic mass is 9.64. The van der Waals surface area contributed by atoms with E-state index in [-0.39, 0.29) is 5.41 Å². The van der Waals surface area contributed by atoms with E-state index in [1.165, 1.54) is 36.0 Å². The van der Waals surface area contributed by atoms with E-state index in [1.54, 1.807) is 0 Å². The van der Waals surface area contributed by atoms with E-state index in [9.17, 15) is 19.2 Å². The predicted molar refractivity (Wildman–Crippen MR) is 124 cm³/mol. The van der Waals surface area contributed by atoms with Crippen molar-refractivity contribution >= 4 is 34.7 Å². The first-order valence-electron chi connectivity index (χ1n) is 11.8. The Morgan fingerprint density at radius 2 is 1.74 bits per heavy atom. The van der Waals surface area contributed by atoms with Crippen molar-refractivity contribution in [3.05, 3.63) is 35.5 Å². The number of carbonyl (C=O) groups excluding carboxylic acids is 1. The summed E-state index contributed by atoms with van der Waals surface area (Å²) in [5, 5.41) is 35.1. The van der Waals surface area contributed by atoms with Crippen LogP contribution in [0.2, 0.25) is 0 Å². The number of hydrogen-bond acceptors (Lipinski definition) is 6.